The second kappa shape index (κ2) is 4.88. The summed E-state index contributed by atoms with van der Waals surface area (Å²) in [6.07, 6.45) is 3.04. The minimum Gasteiger partial charge on any atom is -0.437 e. The maximum atomic E-state index is 13.1. The van der Waals surface area contributed by atoms with Crippen LogP contribution in [0.1, 0.15) is 11.3 Å². The van der Waals surface area contributed by atoms with Crippen molar-refractivity contribution in [3.8, 4) is 11.6 Å². The van der Waals surface area contributed by atoms with Gasteiger partial charge in [-0.2, -0.15) is 0 Å². The van der Waals surface area contributed by atoms with E-state index >= 15 is 0 Å². The average Bonchev–Trinajstić information content (AvgIpc) is 2.34. The molecule has 5 heteroatoms. The lowest BCUT2D eigenvalue weighted by molar-refractivity contribution is 0.444. The Morgan fingerprint density at radius 2 is 2.06 bits per heavy atom. The predicted molar refractivity (Wildman–Crippen MR) is 61.1 cm³/mol. The molecule has 0 bridgehead atoms. The van der Waals surface area contributed by atoms with Crippen molar-refractivity contribution in [1.82, 2.24) is 9.97 Å². The number of ether oxygens (including phenoxy) is 1. The second-order valence-corrected chi connectivity index (χ2v) is 3.52. The first kappa shape index (κ1) is 11.5. The lowest BCUT2D eigenvalue weighted by atomic mass is 10.2. The minimum atomic E-state index is -0.358. The summed E-state index contributed by atoms with van der Waals surface area (Å²) in [6, 6.07) is 4.33. The smallest absolute Gasteiger partial charge is 0.242 e. The molecule has 0 saturated heterocycles. The number of hydrogen-bond donors (Lipinski definition) is 1. The van der Waals surface area contributed by atoms with Gasteiger partial charge in [-0.15, -0.1) is 0 Å². The fourth-order valence-electron chi connectivity index (χ4n) is 1.37. The van der Waals surface area contributed by atoms with Crippen molar-refractivity contribution in [3.63, 3.8) is 0 Å². The van der Waals surface area contributed by atoms with Crippen LogP contribution in [-0.4, -0.2) is 9.97 Å². The first-order valence-corrected chi connectivity index (χ1v) is 5.14. The van der Waals surface area contributed by atoms with E-state index in [0.717, 1.165) is 5.56 Å². The van der Waals surface area contributed by atoms with Gasteiger partial charge in [-0.25, -0.2) is 9.37 Å². The van der Waals surface area contributed by atoms with Gasteiger partial charge >= 0.3 is 0 Å². The molecular weight excluding hydrogens is 221 g/mol. The summed E-state index contributed by atoms with van der Waals surface area (Å²) in [5.41, 5.74) is 6.87. The normalized spacial score (nSPS) is 10.3. The highest BCUT2D eigenvalue weighted by Crippen LogP contribution is 2.25. The summed E-state index contributed by atoms with van der Waals surface area (Å²) in [7, 11) is 0. The number of hydrogen-bond acceptors (Lipinski definition) is 4. The molecule has 0 fully saturated rings. The molecule has 17 heavy (non-hydrogen) atoms. The van der Waals surface area contributed by atoms with Crippen LogP contribution < -0.4 is 10.5 Å². The van der Waals surface area contributed by atoms with E-state index in [0.29, 0.717) is 17.3 Å². The van der Waals surface area contributed by atoms with Crippen molar-refractivity contribution in [2.75, 3.05) is 0 Å². The van der Waals surface area contributed by atoms with Crippen molar-refractivity contribution >= 4 is 0 Å². The number of benzene rings is 1. The topological polar surface area (TPSA) is 61.0 Å². The highest BCUT2D eigenvalue weighted by molar-refractivity contribution is 5.36. The van der Waals surface area contributed by atoms with Crippen molar-refractivity contribution in [3.05, 3.63) is 47.7 Å². The van der Waals surface area contributed by atoms with E-state index in [1.807, 2.05) is 6.92 Å². The Morgan fingerprint density at radius 1 is 1.29 bits per heavy atom. The van der Waals surface area contributed by atoms with Gasteiger partial charge < -0.3 is 10.5 Å². The molecular formula is C12H12FN3O. The van der Waals surface area contributed by atoms with Gasteiger partial charge in [0.25, 0.3) is 0 Å². The van der Waals surface area contributed by atoms with E-state index in [4.69, 9.17) is 10.5 Å². The zero-order valence-electron chi connectivity index (χ0n) is 9.35. The van der Waals surface area contributed by atoms with Gasteiger partial charge in [-0.1, -0.05) is 6.07 Å². The Hall–Kier alpha value is -2.01. The van der Waals surface area contributed by atoms with Crippen LogP contribution in [0.2, 0.25) is 0 Å². The Balaban J connectivity index is 2.34. The first-order valence-electron chi connectivity index (χ1n) is 5.14. The van der Waals surface area contributed by atoms with E-state index in [9.17, 15) is 4.39 Å². The Bertz CT molecular complexity index is 531. The summed E-state index contributed by atoms with van der Waals surface area (Å²) in [6.45, 7) is 2.05. The maximum absolute atomic E-state index is 13.1. The highest BCUT2D eigenvalue weighted by Gasteiger charge is 2.08. The zero-order valence-corrected chi connectivity index (χ0v) is 9.35. The molecule has 2 aromatic rings. The summed E-state index contributed by atoms with van der Waals surface area (Å²) in [5, 5.41) is 0. The van der Waals surface area contributed by atoms with Crippen LogP contribution in [0.5, 0.6) is 11.6 Å². The molecule has 0 spiro atoms. The molecule has 1 heterocycles. The van der Waals surface area contributed by atoms with Gasteiger partial charge in [0.2, 0.25) is 5.88 Å². The van der Waals surface area contributed by atoms with Crippen molar-refractivity contribution in [1.29, 1.82) is 0 Å². The van der Waals surface area contributed by atoms with Gasteiger partial charge in [0.1, 0.15) is 17.3 Å². The van der Waals surface area contributed by atoms with Crippen LogP contribution in [0, 0.1) is 12.7 Å². The quantitative estimate of drug-likeness (QED) is 0.882. The molecule has 0 saturated carbocycles. The van der Waals surface area contributed by atoms with Gasteiger partial charge in [-0.05, 0) is 18.6 Å². The van der Waals surface area contributed by atoms with Crippen LogP contribution in [0.15, 0.2) is 30.6 Å². The highest BCUT2D eigenvalue weighted by atomic mass is 19.1. The van der Waals surface area contributed by atoms with E-state index in [2.05, 4.69) is 9.97 Å². The third kappa shape index (κ3) is 2.57. The van der Waals surface area contributed by atoms with Crippen LogP contribution in [0.4, 0.5) is 4.39 Å². The second-order valence-electron chi connectivity index (χ2n) is 3.52. The zero-order chi connectivity index (χ0) is 12.3. The molecule has 2 N–H and O–H groups in total. The van der Waals surface area contributed by atoms with Gasteiger partial charge in [-0.3, -0.25) is 4.98 Å². The molecule has 0 radical (unpaired) electrons. The third-order valence-corrected chi connectivity index (χ3v) is 2.29. The third-order valence-electron chi connectivity index (χ3n) is 2.29. The van der Waals surface area contributed by atoms with E-state index in [1.54, 1.807) is 6.07 Å². The van der Waals surface area contributed by atoms with Crippen LogP contribution in [0.3, 0.4) is 0 Å². The molecule has 88 valence electrons. The molecule has 2 rings (SSSR count). The van der Waals surface area contributed by atoms with Crippen LogP contribution in [-0.2, 0) is 6.54 Å². The van der Waals surface area contributed by atoms with Crippen molar-refractivity contribution in [2.45, 2.75) is 13.5 Å². The van der Waals surface area contributed by atoms with Crippen molar-refractivity contribution in [2.24, 2.45) is 5.73 Å². The lowest BCUT2D eigenvalue weighted by Crippen LogP contribution is -2.04. The monoisotopic (exact) mass is 233 g/mol. The number of nitrogens with two attached hydrogens (primary N) is 1. The molecule has 1 aromatic carbocycles. The molecule has 4 nitrogen and oxygen atoms in total. The Morgan fingerprint density at radius 3 is 2.82 bits per heavy atom. The van der Waals surface area contributed by atoms with Crippen LogP contribution in [0.25, 0.3) is 0 Å². The maximum Gasteiger partial charge on any atom is 0.242 e. The Kier molecular flexibility index (Phi) is 3.30. The predicted octanol–water partition coefficient (Wildman–Crippen LogP) is 2.18. The molecule has 0 unspecified atom stereocenters. The number of halogens is 1. The van der Waals surface area contributed by atoms with E-state index in [-0.39, 0.29) is 12.4 Å². The van der Waals surface area contributed by atoms with E-state index < -0.39 is 0 Å². The summed E-state index contributed by atoms with van der Waals surface area (Å²) in [4.78, 5) is 8.07. The minimum absolute atomic E-state index is 0.220. The molecule has 1 aromatic heterocycles. The molecule has 0 aliphatic rings. The van der Waals surface area contributed by atoms with Crippen molar-refractivity contribution < 1.29 is 9.13 Å². The van der Waals surface area contributed by atoms with Gasteiger partial charge in [0.05, 0.1) is 0 Å². The molecule has 0 aliphatic heterocycles. The summed E-state index contributed by atoms with van der Waals surface area (Å²) in [5.74, 6) is 0.368. The molecule has 0 atom stereocenters. The molecule has 0 amide bonds. The van der Waals surface area contributed by atoms with Crippen LogP contribution >= 0.6 is 0 Å². The van der Waals surface area contributed by atoms with E-state index in [1.165, 1.54) is 24.5 Å². The van der Waals surface area contributed by atoms with Gasteiger partial charge in [0.15, 0.2) is 0 Å². The number of aromatic nitrogens is 2. The average molecular weight is 233 g/mol. The number of rotatable bonds is 3. The SMILES string of the molecule is Cc1ccc(F)cc1Oc1nccnc1CN. The molecule has 0 aliphatic carbocycles. The lowest BCUT2D eigenvalue weighted by Gasteiger charge is -2.09. The number of nitrogens with zero attached hydrogens (tertiary/aromatic N) is 2. The summed E-state index contributed by atoms with van der Waals surface area (Å²) >= 11 is 0. The standard InChI is InChI=1S/C12H12FN3O/c1-8-2-3-9(13)6-11(8)17-12-10(7-14)15-4-5-16-12/h2-6H,7,14H2,1H3. The number of aryl methyl sites for hydroxylation is 1. The fourth-order valence-corrected chi connectivity index (χ4v) is 1.37. The first-order chi connectivity index (χ1) is 8.20. The Labute approximate surface area is 98.3 Å². The summed E-state index contributed by atoms with van der Waals surface area (Å²) < 4.78 is 18.6. The fraction of sp³-hybridized carbons (Fsp3) is 0.167. The van der Waals surface area contributed by atoms with Gasteiger partial charge in [0, 0.05) is 25.0 Å². The largest absolute Gasteiger partial charge is 0.437 e.